The zero-order valence-electron chi connectivity index (χ0n) is 18.6. The molecule has 168 valence electrons. The van der Waals surface area contributed by atoms with Crippen LogP contribution in [0.1, 0.15) is 53.7 Å². The summed E-state index contributed by atoms with van der Waals surface area (Å²) in [4.78, 5) is 36.2. The van der Waals surface area contributed by atoms with Crippen molar-refractivity contribution in [2.75, 3.05) is 24.3 Å². The molecule has 0 spiro atoms. The highest BCUT2D eigenvalue weighted by molar-refractivity contribution is 7.18. The predicted octanol–water partition coefficient (Wildman–Crippen LogP) is 4.28. The number of hydrogen-bond acceptors (Lipinski definition) is 6. The summed E-state index contributed by atoms with van der Waals surface area (Å²) in [5.41, 5.74) is 1.05. The van der Waals surface area contributed by atoms with Crippen LogP contribution in [-0.2, 0) is 5.60 Å². The molecule has 0 unspecified atom stereocenters. The van der Waals surface area contributed by atoms with E-state index in [0.29, 0.717) is 34.7 Å². The Labute approximate surface area is 191 Å². The number of amides is 1. The summed E-state index contributed by atoms with van der Waals surface area (Å²) >= 11 is 1.40. The number of aromatic amines is 1. The fourth-order valence-electron chi connectivity index (χ4n) is 4.06. The molecule has 1 fully saturated rings. The van der Waals surface area contributed by atoms with Crippen LogP contribution in [0.25, 0.3) is 10.4 Å². The second-order valence-corrected chi connectivity index (χ2v) is 9.62. The van der Waals surface area contributed by atoms with Gasteiger partial charge in [-0.05, 0) is 38.0 Å². The first-order valence-electron chi connectivity index (χ1n) is 10.8. The summed E-state index contributed by atoms with van der Waals surface area (Å²) in [7, 11) is 3.78. The van der Waals surface area contributed by atoms with Crippen molar-refractivity contribution in [1.29, 1.82) is 0 Å². The molecule has 4 rings (SSSR count). The lowest BCUT2D eigenvalue weighted by molar-refractivity contribution is -0.00480. The van der Waals surface area contributed by atoms with E-state index in [1.54, 1.807) is 24.4 Å². The number of thiazole rings is 1. The number of nitrogens with zero attached hydrogens (tertiary/aromatic N) is 2. The van der Waals surface area contributed by atoms with E-state index in [9.17, 15) is 14.7 Å². The molecule has 0 atom stereocenters. The topological polar surface area (TPSA) is 98.3 Å². The molecule has 0 bridgehead atoms. The summed E-state index contributed by atoms with van der Waals surface area (Å²) in [5, 5.41) is 14.8. The predicted molar refractivity (Wildman–Crippen MR) is 129 cm³/mol. The largest absolute Gasteiger partial charge is 0.384 e. The third kappa shape index (κ3) is 4.47. The number of benzene rings is 1. The monoisotopic (exact) mass is 452 g/mol. The molecule has 1 amide bonds. The van der Waals surface area contributed by atoms with Gasteiger partial charge < -0.3 is 20.3 Å². The van der Waals surface area contributed by atoms with Crippen molar-refractivity contribution in [2.24, 2.45) is 0 Å². The maximum atomic E-state index is 13.2. The van der Waals surface area contributed by atoms with Crippen molar-refractivity contribution in [3.63, 3.8) is 0 Å². The average Bonchev–Trinajstić information content (AvgIpc) is 3.26. The maximum absolute atomic E-state index is 13.2. The van der Waals surface area contributed by atoms with Gasteiger partial charge in [0.25, 0.3) is 11.5 Å². The number of aliphatic hydroxyl groups is 1. The van der Waals surface area contributed by atoms with Crippen LogP contribution in [0.3, 0.4) is 0 Å². The van der Waals surface area contributed by atoms with Crippen LogP contribution in [0.2, 0.25) is 0 Å². The van der Waals surface area contributed by atoms with Gasteiger partial charge in [-0.25, -0.2) is 4.98 Å². The van der Waals surface area contributed by atoms with E-state index in [-0.39, 0.29) is 5.56 Å². The van der Waals surface area contributed by atoms with Crippen molar-refractivity contribution in [3.8, 4) is 10.4 Å². The summed E-state index contributed by atoms with van der Waals surface area (Å²) < 4.78 is 0. The summed E-state index contributed by atoms with van der Waals surface area (Å²) in [5.74, 6) is -0.493. The lowest BCUT2D eigenvalue weighted by atomic mass is 9.81. The minimum Gasteiger partial charge on any atom is -0.384 e. The molecule has 2 aromatic heterocycles. The number of aromatic nitrogens is 2. The SMILES string of the molecule is Cc1ccc(NC(=O)c2c(-c3cnc(N(C)C)s3)cc(C3(O)CCCCC3)[nH]c2=O)cc1. The highest BCUT2D eigenvalue weighted by Gasteiger charge is 2.34. The smallest absolute Gasteiger partial charge is 0.261 e. The van der Waals surface area contributed by atoms with Crippen LogP contribution in [0.4, 0.5) is 10.8 Å². The van der Waals surface area contributed by atoms with Gasteiger partial charge in [0.15, 0.2) is 5.13 Å². The third-order valence-electron chi connectivity index (χ3n) is 5.89. The molecule has 32 heavy (non-hydrogen) atoms. The van der Waals surface area contributed by atoms with Crippen molar-refractivity contribution in [1.82, 2.24) is 9.97 Å². The number of anilines is 2. The molecule has 2 heterocycles. The Morgan fingerprint density at radius 3 is 2.50 bits per heavy atom. The van der Waals surface area contributed by atoms with Gasteiger partial charge in [0.2, 0.25) is 0 Å². The number of carbonyl (C=O) groups excluding carboxylic acids is 1. The highest BCUT2D eigenvalue weighted by Crippen LogP contribution is 2.39. The molecule has 0 aliphatic heterocycles. The van der Waals surface area contributed by atoms with Gasteiger partial charge in [-0.3, -0.25) is 9.59 Å². The van der Waals surface area contributed by atoms with Crippen LogP contribution in [0.5, 0.6) is 0 Å². The Hall–Kier alpha value is -2.97. The standard InChI is InChI=1S/C24H28N4O3S/c1-15-7-9-16(10-8-15)26-21(29)20-17(18-14-25-23(32-18)28(2)3)13-19(27-22(20)30)24(31)11-5-4-6-12-24/h7-10,13-14,31H,4-6,11-12H2,1-3H3,(H,26,29)(H,27,30). The van der Waals surface area contributed by atoms with Gasteiger partial charge in [-0.2, -0.15) is 0 Å². The lowest BCUT2D eigenvalue weighted by Crippen LogP contribution is -2.34. The van der Waals surface area contributed by atoms with E-state index in [2.05, 4.69) is 15.3 Å². The van der Waals surface area contributed by atoms with Gasteiger partial charge in [-0.15, -0.1) is 0 Å². The number of hydrogen-bond donors (Lipinski definition) is 3. The van der Waals surface area contributed by atoms with Crippen molar-refractivity contribution in [3.05, 3.63) is 63.7 Å². The fraction of sp³-hybridized carbons (Fsp3) is 0.375. The molecule has 0 saturated heterocycles. The molecule has 1 saturated carbocycles. The molecule has 0 radical (unpaired) electrons. The molecular weight excluding hydrogens is 424 g/mol. The van der Waals surface area contributed by atoms with Gasteiger partial charge >= 0.3 is 0 Å². The fourth-order valence-corrected chi connectivity index (χ4v) is 4.92. The molecule has 8 heteroatoms. The normalized spacial score (nSPS) is 15.4. The second-order valence-electron chi connectivity index (χ2n) is 8.61. The number of rotatable bonds is 5. The quantitative estimate of drug-likeness (QED) is 0.537. The number of H-pyrrole nitrogens is 1. The molecule has 3 N–H and O–H groups in total. The van der Waals surface area contributed by atoms with E-state index in [0.717, 1.165) is 30.0 Å². The van der Waals surface area contributed by atoms with E-state index in [4.69, 9.17) is 0 Å². The van der Waals surface area contributed by atoms with Crippen LogP contribution in [0, 0.1) is 6.92 Å². The zero-order chi connectivity index (χ0) is 22.9. The van der Waals surface area contributed by atoms with Crippen molar-refractivity contribution in [2.45, 2.75) is 44.6 Å². The second kappa shape index (κ2) is 8.88. The van der Waals surface area contributed by atoms with Crippen LogP contribution in [-0.4, -0.2) is 35.1 Å². The summed E-state index contributed by atoms with van der Waals surface area (Å²) in [6, 6.07) is 9.15. The molecule has 3 aromatic rings. The van der Waals surface area contributed by atoms with Crippen molar-refractivity contribution >= 4 is 28.1 Å². The van der Waals surface area contributed by atoms with Gasteiger partial charge in [0.1, 0.15) is 11.2 Å². The van der Waals surface area contributed by atoms with Crippen LogP contribution >= 0.6 is 11.3 Å². The van der Waals surface area contributed by atoms with Crippen LogP contribution < -0.4 is 15.8 Å². The Morgan fingerprint density at radius 2 is 1.88 bits per heavy atom. The molecule has 1 aliphatic rings. The highest BCUT2D eigenvalue weighted by atomic mass is 32.1. The van der Waals surface area contributed by atoms with Gasteiger partial charge in [0, 0.05) is 31.5 Å². The molecule has 1 aliphatic carbocycles. The van der Waals surface area contributed by atoms with E-state index in [1.165, 1.54) is 11.3 Å². The Morgan fingerprint density at radius 1 is 1.19 bits per heavy atom. The minimum absolute atomic E-state index is 0.0164. The van der Waals surface area contributed by atoms with E-state index < -0.39 is 17.1 Å². The number of aryl methyl sites for hydroxylation is 1. The first-order valence-corrected chi connectivity index (χ1v) is 11.6. The summed E-state index contributed by atoms with van der Waals surface area (Å²) in [6.07, 6.45) is 5.71. The first-order chi connectivity index (χ1) is 15.3. The number of pyridine rings is 1. The average molecular weight is 453 g/mol. The number of nitrogens with one attached hydrogen (secondary N) is 2. The van der Waals surface area contributed by atoms with Crippen molar-refractivity contribution < 1.29 is 9.90 Å². The molecule has 1 aromatic carbocycles. The Kier molecular flexibility index (Phi) is 6.17. The Balaban J connectivity index is 1.81. The first kappa shape index (κ1) is 22.2. The molecule has 7 nitrogen and oxygen atoms in total. The summed E-state index contributed by atoms with van der Waals surface area (Å²) in [6.45, 7) is 1.97. The Bertz CT molecular complexity index is 1170. The zero-order valence-corrected chi connectivity index (χ0v) is 19.4. The van der Waals surface area contributed by atoms with Crippen LogP contribution in [0.15, 0.2) is 41.3 Å². The maximum Gasteiger partial charge on any atom is 0.261 e. The van der Waals surface area contributed by atoms with Gasteiger partial charge in [-0.1, -0.05) is 48.3 Å². The number of carbonyl (C=O) groups is 1. The third-order valence-corrected chi connectivity index (χ3v) is 7.09. The van der Waals surface area contributed by atoms with E-state index >= 15 is 0 Å². The van der Waals surface area contributed by atoms with E-state index in [1.807, 2.05) is 38.1 Å². The minimum atomic E-state index is -1.09. The lowest BCUT2D eigenvalue weighted by Gasteiger charge is -2.32. The van der Waals surface area contributed by atoms with Gasteiger partial charge in [0.05, 0.1) is 10.6 Å². The molecular formula is C24H28N4O3S.